The quantitative estimate of drug-likeness (QED) is 0.839. The highest BCUT2D eigenvalue weighted by Gasteiger charge is 2.39. The molecule has 2 nitrogen and oxygen atoms in total. The van der Waals surface area contributed by atoms with Crippen molar-refractivity contribution in [1.29, 1.82) is 0 Å². The number of hydrogen-bond acceptors (Lipinski definition) is 1. The molecule has 2 saturated carbocycles. The van der Waals surface area contributed by atoms with Crippen LogP contribution in [0.25, 0.3) is 0 Å². The molecule has 19 heavy (non-hydrogen) atoms. The SMILES string of the molecule is O=C(NC[C@H]1C[C@H]2CC[C@H]1C2)[C@H](Cl)c1ccccc1. The first-order chi connectivity index (χ1) is 9.24. The van der Waals surface area contributed by atoms with Gasteiger partial charge in [0.05, 0.1) is 0 Å². The van der Waals surface area contributed by atoms with Crippen molar-refractivity contribution < 1.29 is 4.79 Å². The Morgan fingerprint density at radius 2 is 2.05 bits per heavy atom. The molecule has 2 aliphatic carbocycles. The Bertz CT molecular complexity index is 447. The van der Waals surface area contributed by atoms with Gasteiger partial charge in [0.2, 0.25) is 5.91 Å². The van der Waals surface area contributed by atoms with Gasteiger partial charge < -0.3 is 5.32 Å². The fourth-order valence-electron chi connectivity index (χ4n) is 3.72. The first-order valence-electron chi connectivity index (χ1n) is 7.21. The van der Waals surface area contributed by atoms with E-state index in [-0.39, 0.29) is 5.91 Å². The van der Waals surface area contributed by atoms with Crippen LogP contribution in [0.5, 0.6) is 0 Å². The molecule has 3 heteroatoms. The Morgan fingerprint density at radius 1 is 1.26 bits per heavy atom. The van der Waals surface area contributed by atoms with Crippen molar-refractivity contribution >= 4 is 17.5 Å². The van der Waals surface area contributed by atoms with Crippen LogP contribution in [0.4, 0.5) is 0 Å². The topological polar surface area (TPSA) is 29.1 Å². The summed E-state index contributed by atoms with van der Waals surface area (Å²) in [6.45, 7) is 0.802. The molecule has 1 aromatic rings. The summed E-state index contributed by atoms with van der Waals surface area (Å²) in [7, 11) is 0. The van der Waals surface area contributed by atoms with E-state index >= 15 is 0 Å². The molecule has 4 atom stereocenters. The van der Waals surface area contributed by atoms with Crippen LogP contribution in [0.3, 0.4) is 0 Å². The van der Waals surface area contributed by atoms with Crippen LogP contribution >= 0.6 is 11.6 Å². The van der Waals surface area contributed by atoms with E-state index in [0.29, 0.717) is 5.92 Å². The van der Waals surface area contributed by atoms with Crippen LogP contribution in [0, 0.1) is 17.8 Å². The average molecular weight is 278 g/mol. The molecule has 2 bridgehead atoms. The second kappa shape index (κ2) is 5.54. The van der Waals surface area contributed by atoms with Crippen LogP contribution in [-0.4, -0.2) is 12.5 Å². The minimum absolute atomic E-state index is 0.0596. The molecule has 0 aromatic heterocycles. The summed E-state index contributed by atoms with van der Waals surface area (Å²) >= 11 is 6.21. The van der Waals surface area contributed by atoms with Gasteiger partial charge in [0.25, 0.3) is 0 Å². The molecule has 2 aliphatic rings. The van der Waals surface area contributed by atoms with Crippen molar-refractivity contribution in [3.8, 4) is 0 Å². The minimum Gasteiger partial charge on any atom is -0.354 e. The number of fused-ring (bicyclic) bond motifs is 2. The van der Waals surface area contributed by atoms with E-state index in [4.69, 9.17) is 11.6 Å². The molecule has 0 saturated heterocycles. The smallest absolute Gasteiger partial charge is 0.242 e. The number of carbonyl (C=O) groups excluding carboxylic acids is 1. The average Bonchev–Trinajstić information content (AvgIpc) is 3.07. The van der Waals surface area contributed by atoms with Crippen molar-refractivity contribution in [2.75, 3.05) is 6.54 Å². The molecule has 0 radical (unpaired) electrons. The van der Waals surface area contributed by atoms with Gasteiger partial charge in [-0.15, -0.1) is 11.6 Å². The third-order valence-electron chi connectivity index (χ3n) is 4.75. The second-order valence-corrected chi connectivity index (χ2v) is 6.39. The predicted molar refractivity (Wildman–Crippen MR) is 77.0 cm³/mol. The largest absolute Gasteiger partial charge is 0.354 e. The highest BCUT2D eigenvalue weighted by molar-refractivity contribution is 6.30. The number of benzene rings is 1. The molecule has 1 N–H and O–H groups in total. The van der Waals surface area contributed by atoms with E-state index in [0.717, 1.165) is 23.9 Å². The van der Waals surface area contributed by atoms with Gasteiger partial charge in [0.1, 0.15) is 5.38 Å². The summed E-state index contributed by atoms with van der Waals surface area (Å²) in [5.41, 5.74) is 0.870. The Labute approximate surface area is 119 Å². The van der Waals surface area contributed by atoms with Crippen LogP contribution < -0.4 is 5.32 Å². The number of nitrogens with one attached hydrogen (secondary N) is 1. The minimum atomic E-state index is -0.570. The van der Waals surface area contributed by atoms with E-state index < -0.39 is 5.38 Å². The van der Waals surface area contributed by atoms with Crippen molar-refractivity contribution in [3.63, 3.8) is 0 Å². The Hall–Kier alpha value is -1.02. The lowest BCUT2D eigenvalue weighted by Gasteiger charge is -2.22. The number of hydrogen-bond donors (Lipinski definition) is 1. The van der Waals surface area contributed by atoms with E-state index in [1.54, 1.807) is 0 Å². The lowest BCUT2D eigenvalue weighted by molar-refractivity contribution is -0.121. The lowest BCUT2D eigenvalue weighted by Crippen LogP contribution is -2.33. The number of rotatable bonds is 4. The highest BCUT2D eigenvalue weighted by Crippen LogP contribution is 2.47. The van der Waals surface area contributed by atoms with Crippen LogP contribution in [0.2, 0.25) is 0 Å². The molecule has 0 aliphatic heterocycles. The third kappa shape index (κ3) is 2.79. The zero-order chi connectivity index (χ0) is 13.2. The lowest BCUT2D eigenvalue weighted by atomic mass is 9.89. The zero-order valence-corrected chi connectivity index (χ0v) is 11.8. The molecule has 2 fully saturated rings. The summed E-state index contributed by atoms with van der Waals surface area (Å²) in [5, 5.41) is 2.47. The normalized spacial score (nSPS) is 30.3. The van der Waals surface area contributed by atoms with Crippen LogP contribution in [0.15, 0.2) is 30.3 Å². The molecular formula is C16H20ClNO. The summed E-state index contributed by atoms with van der Waals surface area (Å²) in [5.74, 6) is 2.39. The van der Waals surface area contributed by atoms with Gasteiger partial charge in [-0.3, -0.25) is 4.79 Å². The molecule has 1 amide bonds. The Kier molecular flexibility index (Phi) is 3.79. The molecule has 0 heterocycles. The fraction of sp³-hybridized carbons (Fsp3) is 0.562. The molecule has 3 rings (SSSR count). The van der Waals surface area contributed by atoms with Gasteiger partial charge in [0, 0.05) is 6.54 Å². The molecule has 102 valence electrons. The molecular weight excluding hydrogens is 258 g/mol. The molecule has 0 unspecified atom stereocenters. The van der Waals surface area contributed by atoms with Crippen molar-refractivity contribution in [3.05, 3.63) is 35.9 Å². The monoisotopic (exact) mass is 277 g/mol. The maximum absolute atomic E-state index is 12.1. The van der Waals surface area contributed by atoms with Gasteiger partial charge in [-0.2, -0.15) is 0 Å². The zero-order valence-electron chi connectivity index (χ0n) is 11.0. The van der Waals surface area contributed by atoms with Gasteiger partial charge in [0.15, 0.2) is 0 Å². The van der Waals surface area contributed by atoms with Crippen molar-refractivity contribution in [2.24, 2.45) is 17.8 Å². The second-order valence-electron chi connectivity index (χ2n) is 5.95. The number of carbonyl (C=O) groups is 1. The van der Waals surface area contributed by atoms with E-state index in [1.165, 1.54) is 25.7 Å². The van der Waals surface area contributed by atoms with E-state index in [2.05, 4.69) is 5.32 Å². The standard InChI is InChI=1S/C16H20ClNO/c17-15(12-4-2-1-3-5-12)16(19)18-10-14-9-11-6-7-13(14)8-11/h1-5,11,13-15H,6-10H2,(H,18,19)/t11-,13-,14+,15+/m0/s1. The summed E-state index contributed by atoms with van der Waals surface area (Å²) in [4.78, 5) is 12.1. The molecule has 0 spiro atoms. The van der Waals surface area contributed by atoms with E-state index in [1.807, 2.05) is 30.3 Å². The maximum Gasteiger partial charge on any atom is 0.242 e. The van der Waals surface area contributed by atoms with Gasteiger partial charge in [-0.25, -0.2) is 0 Å². The van der Waals surface area contributed by atoms with Crippen LogP contribution in [0.1, 0.15) is 36.6 Å². The summed E-state index contributed by atoms with van der Waals surface area (Å²) < 4.78 is 0. The highest BCUT2D eigenvalue weighted by atomic mass is 35.5. The maximum atomic E-state index is 12.1. The number of alkyl halides is 1. The van der Waals surface area contributed by atoms with Crippen molar-refractivity contribution in [1.82, 2.24) is 5.32 Å². The number of amides is 1. The number of halogens is 1. The Morgan fingerprint density at radius 3 is 2.68 bits per heavy atom. The predicted octanol–water partition coefficient (Wildman–Crippen LogP) is 3.52. The molecule has 1 aromatic carbocycles. The summed E-state index contributed by atoms with van der Waals surface area (Å²) in [6, 6.07) is 9.55. The van der Waals surface area contributed by atoms with E-state index in [9.17, 15) is 4.79 Å². The van der Waals surface area contributed by atoms with Gasteiger partial charge in [-0.1, -0.05) is 36.8 Å². The third-order valence-corrected chi connectivity index (χ3v) is 5.20. The fourth-order valence-corrected chi connectivity index (χ4v) is 3.94. The first-order valence-corrected chi connectivity index (χ1v) is 7.64. The Balaban J connectivity index is 1.51. The van der Waals surface area contributed by atoms with Gasteiger partial charge >= 0.3 is 0 Å². The first kappa shape index (κ1) is 13.0. The van der Waals surface area contributed by atoms with Gasteiger partial charge in [-0.05, 0) is 42.6 Å². The summed E-state index contributed by atoms with van der Waals surface area (Å²) in [6.07, 6.45) is 5.43. The van der Waals surface area contributed by atoms with Crippen LogP contribution in [-0.2, 0) is 4.79 Å². The van der Waals surface area contributed by atoms with Crippen molar-refractivity contribution in [2.45, 2.75) is 31.1 Å².